The Morgan fingerprint density at radius 1 is 1.38 bits per heavy atom. The standard InChI is InChI=1S/C15H19N5O/c21-15(13-4-6-16-7-5-13)19-14-3-1-2-12(8-14)9-20-11-17-10-18-20/h1-3,8,10-11,13,16H,4-7,9H2,(H,19,21). The van der Waals surface area contributed by atoms with E-state index in [2.05, 4.69) is 20.7 Å². The molecule has 1 aliphatic rings. The van der Waals surface area contributed by atoms with Crippen molar-refractivity contribution in [3.63, 3.8) is 0 Å². The summed E-state index contributed by atoms with van der Waals surface area (Å²) in [5.74, 6) is 0.236. The third kappa shape index (κ3) is 3.66. The third-order valence-electron chi connectivity index (χ3n) is 3.72. The van der Waals surface area contributed by atoms with Crippen molar-refractivity contribution < 1.29 is 4.79 Å². The summed E-state index contributed by atoms with van der Waals surface area (Å²) >= 11 is 0. The number of nitrogens with one attached hydrogen (secondary N) is 2. The van der Waals surface area contributed by atoms with Crippen LogP contribution in [0.3, 0.4) is 0 Å². The first-order valence-corrected chi connectivity index (χ1v) is 7.24. The second-order valence-corrected chi connectivity index (χ2v) is 5.31. The molecule has 110 valence electrons. The molecule has 2 heterocycles. The van der Waals surface area contributed by atoms with Gasteiger partial charge in [-0.3, -0.25) is 4.79 Å². The molecule has 0 spiro atoms. The number of nitrogens with zero attached hydrogens (tertiary/aromatic N) is 3. The van der Waals surface area contributed by atoms with Gasteiger partial charge in [0.25, 0.3) is 0 Å². The van der Waals surface area contributed by atoms with Gasteiger partial charge < -0.3 is 10.6 Å². The number of carbonyl (C=O) groups is 1. The molecule has 0 atom stereocenters. The van der Waals surface area contributed by atoms with Crippen molar-refractivity contribution in [2.24, 2.45) is 5.92 Å². The van der Waals surface area contributed by atoms with E-state index in [0.717, 1.165) is 37.2 Å². The van der Waals surface area contributed by atoms with Crippen LogP contribution in [0.1, 0.15) is 18.4 Å². The van der Waals surface area contributed by atoms with Gasteiger partial charge in [-0.1, -0.05) is 12.1 Å². The SMILES string of the molecule is O=C(Nc1cccc(Cn2cncn2)c1)C1CCNCC1. The van der Waals surface area contributed by atoms with Gasteiger partial charge in [0.1, 0.15) is 12.7 Å². The molecule has 1 amide bonds. The fraction of sp³-hybridized carbons (Fsp3) is 0.400. The first-order valence-electron chi connectivity index (χ1n) is 7.24. The summed E-state index contributed by atoms with van der Waals surface area (Å²) in [5, 5.41) is 10.4. The summed E-state index contributed by atoms with van der Waals surface area (Å²) in [5.41, 5.74) is 1.93. The van der Waals surface area contributed by atoms with Gasteiger partial charge in [-0.05, 0) is 43.6 Å². The van der Waals surface area contributed by atoms with Crippen molar-refractivity contribution in [1.82, 2.24) is 20.1 Å². The zero-order valence-electron chi connectivity index (χ0n) is 11.8. The molecule has 1 aliphatic heterocycles. The van der Waals surface area contributed by atoms with Crippen LogP contribution < -0.4 is 10.6 Å². The van der Waals surface area contributed by atoms with Crippen LogP contribution in [-0.4, -0.2) is 33.8 Å². The van der Waals surface area contributed by atoms with Gasteiger partial charge in [-0.15, -0.1) is 0 Å². The Hall–Kier alpha value is -2.21. The second-order valence-electron chi connectivity index (χ2n) is 5.31. The van der Waals surface area contributed by atoms with E-state index in [1.807, 2.05) is 24.3 Å². The van der Waals surface area contributed by atoms with E-state index in [4.69, 9.17) is 0 Å². The topological polar surface area (TPSA) is 71.8 Å². The predicted octanol–water partition coefficient (Wildman–Crippen LogP) is 1.26. The number of anilines is 1. The molecule has 1 aromatic carbocycles. The fourth-order valence-corrected chi connectivity index (χ4v) is 2.58. The highest BCUT2D eigenvalue weighted by molar-refractivity contribution is 5.92. The summed E-state index contributed by atoms with van der Waals surface area (Å²) in [4.78, 5) is 16.2. The molecule has 0 radical (unpaired) electrons. The van der Waals surface area contributed by atoms with Gasteiger partial charge in [0.2, 0.25) is 5.91 Å². The first kappa shape index (κ1) is 13.8. The predicted molar refractivity (Wildman–Crippen MR) is 79.8 cm³/mol. The average molecular weight is 285 g/mol. The van der Waals surface area contributed by atoms with Crippen LogP contribution in [0, 0.1) is 5.92 Å². The summed E-state index contributed by atoms with van der Waals surface area (Å²) in [6.45, 7) is 2.49. The lowest BCUT2D eigenvalue weighted by molar-refractivity contribution is -0.120. The minimum atomic E-state index is 0.116. The van der Waals surface area contributed by atoms with E-state index in [9.17, 15) is 4.79 Å². The van der Waals surface area contributed by atoms with Gasteiger partial charge in [-0.2, -0.15) is 5.10 Å². The van der Waals surface area contributed by atoms with Crippen LogP contribution in [0.25, 0.3) is 0 Å². The third-order valence-corrected chi connectivity index (χ3v) is 3.72. The Bertz CT molecular complexity index is 590. The maximum absolute atomic E-state index is 12.2. The quantitative estimate of drug-likeness (QED) is 0.887. The van der Waals surface area contributed by atoms with Crippen molar-refractivity contribution in [2.45, 2.75) is 19.4 Å². The fourth-order valence-electron chi connectivity index (χ4n) is 2.58. The van der Waals surface area contributed by atoms with E-state index in [0.29, 0.717) is 6.54 Å². The van der Waals surface area contributed by atoms with Gasteiger partial charge in [0, 0.05) is 11.6 Å². The van der Waals surface area contributed by atoms with Crippen LogP contribution in [0.4, 0.5) is 5.69 Å². The van der Waals surface area contributed by atoms with Crippen LogP contribution in [-0.2, 0) is 11.3 Å². The molecule has 21 heavy (non-hydrogen) atoms. The second kappa shape index (κ2) is 6.49. The van der Waals surface area contributed by atoms with Crippen molar-refractivity contribution in [2.75, 3.05) is 18.4 Å². The maximum Gasteiger partial charge on any atom is 0.227 e. The number of amides is 1. The molecule has 0 unspecified atom stereocenters. The van der Waals surface area contributed by atoms with Crippen LogP contribution in [0.5, 0.6) is 0 Å². The number of hydrogen-bond donors (Lipinski definition) is 2. The largest absolute Gasteiger partial charge is 0.326 e. The summed E-state index contributed by atoms with van der Waals surface area (Å²) in [6, 6.07) is 7.87. The summed E-state index contributed by atoms with van der Waals surface area (Å²) < 4.78 is 1.76. The van der Waals surface area contributed by atoms with Crippen LogP contribution >= 0.6 is 0 Å². The van der Waals surface area contributed by atoms with Gasteiger partial charge in [-0.25, -0.2) is 9.67 Å². The van der Waals surface area contributed by atoms with Gasteiger partial charge >= 0.3 is 0 Å². The smallest absolute Gasteiger partial charge is 0.227 e. The number of carbonyl (C=O) groups excluding carboxylic acids is 1. The normalized spacial score (nSPS) is 15.8. The number of hydrogen-bond acceptors (Lipinski definition) is 4. The van der Waals surface area contributed by atoms with E-state index in [-0.39, 0.29) is 11.8 Å². The van der Waals surface area contributed by atoms with E-state index in [1.165, 1.54) is 6.33 Å². The molecule has 6 heteroatoms. The van der Waals surface area contributed by atoms with Crippen molar-refractivity contribution >= 4 is 11.6 Å². The lowest BCUT2D eigenvalue weighted by Gasteiger charge is -2.21. The molecular formula is C15H19N5O. The summed E-state index contributed by atoms with van der Waals surface area (Å²) in [6.07, 6.45) is 5.01. The van der Waals surface area contributed by atoms with E-state index in [1.54, 1.807) is 11.0 Å². The molecule has 3 rings (SSSR count). The molecule has 1 saturated heterocycles. The lowest BCUT2D eigenvalue weighted by atomic mass is 9.97. The molecule has 2 aromatic rings. The average Bonchev–Trinajstić information content (AvgIpc) is 3.01. The minimum absolute atomic E-state index is 0.116. The molecule has 1 aromatic heterocycles. The Balaban J connectivity index is 1.63. The van der Waals surface area contributed by atoms with E-state index < -0.39 is 0 Å². The molecule has 6 nitrogen and oxygen atoms in total. The Morgan fingerprint density at radius 3 is 3.00 bits per heavy atom. The zero-order valence-corrected chi connectivity index (χ0v) is 11.8. The zero-order chi connectivity index (χ0) is 14.5. The number of benzene rings is 1. The molecule has 0 bridgehead atoms. The summed E-state index contributed by atoms with van der Waals surface area (Å²) in [7, 11) is 0. The highest BCUT2D eigenvalue weighted by Gasteiger charge is 2.20. The number of rotatable bonds is 4. The number of piperidine rings is 1. The monoisotopic (exact) mass is 285 g/mol. The maximum atomic E-state index is 12.2. The Labute approximate surface area is 123 Å². The molecular weight excluding hydrogens is 266 g/mol. The lowest BCUT2D eigenvalue weighted by Crippen LogP contribution is -2.34. The van der Waals surface area contributed by atoms with E-state index >= 15 is 0 Å². The minimum Gasteiger partial charge on any atom is -0.326 e. The van der Waals surface area contributed by atoms with Crippen LogP contribution in [0.15, 0.2) is 36.9 Å². The number of aromatic nitrogens is 3. The van der Waals surface area contributed by atoms with Crippen molar-refractivity contribution in [3.8, 4) is 0 Å². The van der Waals surface area contributed by atoms with Gasteiger partial charge in [0.15, 0.2) is 0 Å². The molecule has 0 saturated carbocycles. The first-order chi connectivity index (χ1) is 10.3. The van der Waals surface area contributed by atoms with Gasteiger partial charge in [0.05, 0.1) is 6.54 Å². The van der Waals surface area contributed by atoms with Crippen molar-refractivity contribution in [1.29, 1.82) is 0 Å². The highest BCUT2D eigenvalue weighted by atomic mass is 16.1. The Morgan fingerprint density at radius 2 is 2.24 bits per heavy atom. The molecule has 1 fully saturated rings. The molecule has 0 aliphatic carbocycles. The Kier molecular flexibility index (Phi) is 4.25. The molecule has 2 N–H and O–H groups in total. The highest BCUT2D eigenvalue weighted by Crippen LogP contribution is 2.17. The van der Waals surface area contributed by atoms with Crippen molar-refractivity contribution in [3.05, 3.63) is 42.5 Å². The van der Waals surface area contributed by atoms with Crippen LogP contribution in [0.2, 0.25) is 0 Å².